The van der Waals surface area contributed by atoms with E-state index < -0.39 is 0 Å². The second kappa shape index (κ2) is 3.94. The summed E-state index contributed by atoms with van der Waals surface area (Å²) in [5, 5.41) is 3.41. The maximum absolute atomic E-state index is 3.41. The molecular formula is C12H13N. The maximum atomic E-state index is 3.41. The van der Waals surface area contributed by atoms with Gasteiger partial charge in [0.25, 0.3) is 0 Å². The van der Waals surface area contributed by atoms with Crippen molar-refractivity contribution in [2.75, 3.05) is 5.32 Å². The fourth-order valence-corrected chi connectivity index (χ4v) is 1.42. The topological polar surface area (TPSA) is 12.0 Å². The van der Waals surface area contributed by atoms with Gasteiger partial charge in [-0.1, -0.05) is 42.5 Å². The predicted molar refractivity (Wildman–Crippen MR) is 56.7 cm³/mol. The number of rotatable bonds is 2. The van der Waals surface area contributed by atoms with Gasteiger partial charge in [0, 0.05) is 5.69 Å². The SMILES string of the molecule is C1=CC(Nc2ccccc2)C=CC1. The summed E-state index contributed by atoms with van der Waals surface area (Å²) in [5.74, 6) is 0. The van der Waals surface area contributed by atoms with Gasteiger partial charge in [-0.05, 0) is 18.6 Å². The Hall–Kier alpha value is -1.50. The van der Waals surface area contributed by atoms with Crippen LogP contribution in [0.15, 0.2) is 54.6 Å². The van der Waals surface area contributed by atoms with E-state index in [1.807, 2.05) is 18.2 Å². The molecule has 0 aliphatic heterocycles. The fourth-order valence-electron chi connectivity index (χ4n) is 1.42. The first kappa shape index (κ1) is 8.11. The van der Waals surface area contributed by atoms with E-state index in [1.54, 1.807) is 0 Å². The number of hydrogen-bond donors (Lipinski definition) is 1. The van der Waals surface area contributed by atoms with E-state index >= 15 is 0 Å². The molecule has 0 spiro atoms. The molecule has 13 heavy (non-hydrogen) atoms. The molecule has 1 N–H and O–H groups in total. The van der Waals surface area contributed by atoms with Gasteiger partial charge in [-0.2, -0.15) is 0 Å². The molecule has 1 aliphatic carbocycles. The van der Waals surface area contributed by atoms with E-state index in [2.05, 4.69) is 41.8 Å². The lowest BCUT2D eigenvalue weighted by molar-refractivity contribution is 1.06. The Bertz CT molecular complexity index is 299. The number of benzene rings is 1. The van der Waals surface area contributed by atoms with Crippen molar-refractivity contribution in [2.24, 2.45) is 0 Å². The third kappa shape index (κ3) is 2.22. The van der Waals surface area contributed by atoms with E-state index in [9.17, 15) is 0 Å². The van der Waals surface area contributed by atoms with Crippen molar-refractivity contribution >= 4 is 5.69 Å². The number of para-hydroxylation sites is 1. The highest BCUT2D eigenvalue weighted by Gasteiger charge is 2.00. The molecule has 1 aromatic carbocycles. The molecule has 1 aromatic rings. The summed E-state index contributed by atoms with van der Waals surface area (Å²) in [6.45, 7) is 0. The molecule has 0 unspecified atom stereocenters. The molecular weight excluding hydrogens is 158 g/mol. The lowest BCUT2D eigenvalue weighted by Gasteiger charge is -2.14. The van der Waals surface area contributed by atoms with Crippen molar-refractivity contribution < 1.29 is 0 Å². The van der Waals surface area contributed by atoms with Crippen LogP contribution in [0.1, 0.15) is 6.42 Å². The van der Waals surface area contributed by atoms with Crippen LogP contribution in [0.4, 0.5) is 5.69 Å². The van der Waals surface area contributed by atoms with E-state index in [4.69, 9.17) is 0 Å². The highest BCUT2D eigenvalue weighted by molar-refractivity contribution is 5.46. The van der Waals surface area contributed by atoms with Gasteiger partial charge in [0.05, 0.1) is 6.04 Å². The van der Waals surface area contributed by atoms with Crippen molar-refractivity contribution in [3.8, 4) is 0 Å². The number of nitrogens with one attached hydrogen (secondary N) is 1. The Labute approximate surface area is 78.8 Å². The molecule has 0 bridgehead atoms. The second-order valence-corrected chi connectivity index (χ2v) is 3.13. The molecule has 1 aliphatic rings. The lowest BCUT2D eigenvalue weighted by atomic mass is 10.1. The summed E-state index contributed by atoms with van der Waals surface area (Å²) in [5.41, 5.74) is 1.17. The minimum atomic E-state index is 0.358. The molecule has 0 atom stereocenters. The smallest absolute Gasteiger partial charge is 0.0628 e. The third-order valence-corrected chi connectivity index (χ3v) is 2.07. The maximum Gasteiger partial charge on any atom is 0.0628 e. The highest BCUT2D eigenvalue weighted by Crippen LogP contribution is 2.10. The summed E-state index contributed by atoms with van der Waals surface area (Å²) in [7, 11) is 0. The molecule has 0 saturated heterocycles. The average Bonchev–Trinajstić information content (AvgIpc) is 2.21. The van der Waals surface area contributed by atoms with Crippen LogP contribution in [0.2, 0.25) is 0 Å². The summed E-state index contributed by atoms with van der Waals surface area (Å²) in [6, 6.07) is 10.6. The molecule has 66 valence electrons. The predicted octanol–water partition coefficient (Wildman–Crippen LogP) is 2.98. The Morgan fingerprint density at radius 3 is 2.38 bits per heavy atom. The molecule has 0 amide bonds. The van der Waals surface area contributed by atoms with Crippen molar-refractivity contribution in [3.05, 3.63) is 54.6 Å². The molecule has 1 heteroatoms. The van der Waals surface area contributed by atoms with Crippen LogP contribution in [0.25, 0.3) is 0 Å². The summed E-state index contributed by atoms with van der Waals surface area (Å²) in [4.78, 5) is 0. The van der Waals surface area contributed by atoms with Gasteiger partial charge in [0.1, 0.15) is 0 Å². The van der Waals surface area contributed by atoms with Crippen LogP contribution in [-0.2, 0) is 0 Å². The van der Waals surface area contributed by atoms with Crippen LogP contribution < -0.4 is 5.32 Å². The molecule has 0 saturated carbocycles. The summed E-state index contributed by atoms with van der Waals surface area (Å²) in [6.07, 6.45) is 9.80. The van der Waals surface area contributed by atoms with Crippen LogP contribution in [0, 0.1) is 0 Å². The molecule has 0 aromatic heterocycles. The van der Waals surface area contributed by atoms with Crippen molar-refractivity contribution in [1.29, 1.82) is 0 Å². The van der Waals surface area contributed by atoms with Gasteiger partial charge in [0.2, 0.25) is 0 Å². The second-order valence-electron chi connectivity index (χ2n) is 3.13. The van der Waals surface area contributed by atoms with Crippen molar-refractivity contribution in [1.82, 2.24) is 0 Å². The van der Waals surface area contributed by atoms with Crippen LogP contribution in [0.5, 0.6) is 0 Å². The van der Waals surface area contributed by atoms with Crippen LogP contribution >= 0.6 is 0 Å². The lowest BCUT2D eigenvalue weighted by Crippen LogP contribution is -2.14. The first-order valence-corrected chi connectivity index (χ1v) is 4.60. The highest BCUT2D eigenvalue weighted by atomic mass is 14.9. The van der Waals surface area contributed by atoms with E-state index in [-0.39, 0.29) is 0 Å². The first-order valence-electron chi connectivity index (χ1n) is 4.60. The molecule has 1 nitrogen and oxygen atoms in total. The van der Waals surface area contributed by atoms with Gasteiger partial charge < -0.3 is 5.32 Å². The summed E-state index contributed by atoms with van der Waals surface area (Å²) >= 11 is 0. The molecule has 0 heterocycles. The van der Waals surface area contributed by atoms with Crippen molar-refractivity contribution in [3.63, 3.8) is 0 Å². The largest absolute Gasteiger partial charge is 0.375 e. The minimum absolute atomic E-state index is 0.358. The van der Waals surface area contributed by atoms with Crippen molar-refractivity contribution in [2.45, 2.75) is 12.5 Å². The van der Waals surface area contributed by atoms with Gasteiger partial charge in [0.15, 0.2) is 0 Å². The monoisotopic (exact) mass is 171 g/mol. The standard InChI is InChI=1S/C12H13N/c1-3-7-11(8-4-1)13-12-9-5-2-6-10-12/h1,3-10,12-13H,2H2. The van der Waals surface area contributed by atoms with E-state index in [1.165, 1.54) is 5.69 Å². The Morgan fingerprint density at radius 1 is 1.00 bits per heavy atom. The zero-order valence-corrected chi connectivity index (χ0v) is 7.48. The zero-order valence-electron chi connectivity index (χ0n) is 7.48. The normalized spacial score (nSPS) is 16.0. The van der Waals surface area contributed by atoms with Gasteiger partial charge in [-0.25, -0.2) is 0 Å². The third-order valence-electron chi connectivity index (χ3n) is 2.07. The Morgan fingerprint density at radius 2 is 1.69 bits per heavy atom. The zero-order chi connectivity index (χ0) is 8.93. The first-order chi connectivity index (χ1) is 6.45. The molecule has 2 rings (SSSR count). The van der Waals surface area contributed by atoms with Gasteiger partial charge in [-0.3, -0.25) is 0 Å². The summed E-state index contributed by atoms with van der Waals surface area (Å²) < 4.78 is 0. The van der Waals surface area contributed by atoms with Crippen LogP contribution in [-0.4, -0.2) is 6.04 Å². The number of anilines is 1. The van der Waals surface area contributed by atoms with Gasteiger partial charge in [-0.15, -0.1) is 0 Å². The molecule has 0 radical (unpaired) electrons. The van der Waals surface area contributed by atoms with Crippen LogP contribution in [0.3, 0.4) is 0 Å². The number of hydrogen-bond acceptors (Lipinski definition) is 1. The van der Waals surface area contributed by atoms with Gasteiger partial charge >= 0.3 is 0 Å². The molecule has 0 fully saturated rings. The number of allylic oxidation sites excluding steroid dienone is 2. The fraction of sp³-hybridized carbons (Fsp3) is 0.167. The minimum Gasteiger partial charge on any atom is -0.375 e. The Balaban J connectivity index is 2.02. The van der Waals surface area contributed by atoms with E-state index in [0.29, 0.717) is 6.04 Å². The quantitative estimate of drug-likeness (QED) is 0.674. The van der Waals surface area contributed by atoms with E-state index in [0.717, 1.165) is 6.42 Å². The average molecular weight is 171 g/mol. The Kier molecular flexibility index (Phi) is 2.46.